The van der Waals surface area contributed by atoms with E-state index in [-0.39, 0.29) is 0 Å². The first-order valence-corrected chi connectivity index (χ1v) is 7.38. The molecule has 6 nitrogen and oxygen atoms in total. The normalized spacial score (nSPS) is 21.0. The Morgan fingerprint density at radius 1 is 1.10 bits per heavy atom. The number of aromatic nitrogens is 3. The van der Waals surface area contributed by atoms with Gasteiger partial charge < -0.3 is 10.6 Å². The summed E-state index contributed by atoms with van der Waals surface area (Å²) in [5.74, 6) is 2.42. The van der Waals surface area contributed by atoms with Crippen molar-refractivity contribution in [1.82, 2.24) is 15.0 Å². The molecule has 2 N–H and O–H groups in total. The van der Waals surface area contributed by atoms with E-state index in [4.69, 9.17) is 0 Å². The second-order valence-corrected chi connectivity index (χ2v) is 5.74. The lowest BCUT2D eigenvalue weighted by atomic mass is 9.83. The maximum Gasteiger partial charge on any atom is 0.229 e. The molecule has 0 amide bonds. The van der Waals surface area contributed by atoms with Crippen LogP contribution in [0.5, 0.6) is 0 Å². The predicted molar refractivity (Wildman–Crippen MR) is 76.4 cm³/mol. The second kappa shape index (κ2) is 5.23. The van der Waals surface area contributed by atoms with Gasteiger partial charge in [-0.3, -0.25) is 0 Å². The number of nitrogens with one attached hydrogen (secondary N) is 2. The largest absolute Gasteiger partial charge is 0.357 e. The van der Waals surface area contributed by atoms with Crippen LogP contribution in [-0.2, 0) is 0 Å². The molecule has 0 spiro atoms. The van der Waals surface area contributed by atoms with Crippen molar-refractivity contribution in [3.05, 3.63) is 5.82 Å². The van der Waals surface area contributed by atoms with Crippen LogP contribution in [0.2, 0.25) is 0 Å². The number of hydrogen-bond acceptors (Lipinski definition) is 6. The van der Waals surface area contributed by atoms with Gasteiger partial charge in [0.1, 0.15) is 11.4 Å². The number of hydrogen-bond donors (Lipinski definition) is 2. The first-order chi connectivity index (χ1) is 9.74. The summed E-state index contributed by atoms with van der Waals surface area (Å²) in [6.07, 6.45) is 7.40. The summed E-state index contributed by atoms with van der Waals surface area (Å²) in [6, 6.07) is 2.44. The van der Waals surface area contributed by atoms with Crippen LogP contribution >= 0.6 is 0 Å². The zero-order chi connectivity index (χ0) is 14.0. The van der Waals surface area contributed by atoms with Crippen LogP contribution in [-0.4, -0.2) is 27.5 Å². The predicted octanol–water partition coefficient (Wildman–Crippen LogP) is 2.43. The van der Waals surface area contributed by atoms with Gasteiger partial charge in [0.2, 0.25) is 11.9 Å². The second-order valence-electron chi connectivity index (χ2n) is 5.74. The molecule has 0 radical (unpaired) electrons. The zero-order valence-electron chi connectivity index (χ0n) is 11.8. The molecule has 2 aliphatic carbocycles. The van der Waals surface area contributed by atoms with Gasteiger partial charge in [-0.2, -0.15) is 20.2 Å². The Kier molecular flexibility index (Phi) is 3.43. The van der Waals surface area contributed by atoms with Gasteiger partial charge in [0.15, 0.2) is 0 Å². The van der Waals surface area contributed by atoms with Crippen LogP contribution in [0, 0.1) is 11.3 Å². The first-order valence-electron chi connectivity index (χ1n) is 7.38. The van der Waals surface area contributed by atoms with Gasteiger partial charge in [0.25, 0.3) is 0 Å². The number of anilines is 2. The van der Waals surface area contributed by atoms with E-state index in [1.807, 2.05) is 0 Å². The van der Waals surface area contributed by atoms with E-state index in [0.717, 1.165) is 44.3 Å². The van der Waals surface area contributed by atoms with Crippen molar-refractivity contribution in [2.45, 2.75) is 56.4 Å². The van der Waals surface area contributed by atoms with Crippen LogP contribution < -0.4 is 10.6 Å². The standard InChI is InChI=1S/C14H20N6/c1-16-12-17-11(10-5-6-10)18-13(19-12)20-14(9-15)7-3-2-4-8-14/h10H,2-8H2,1H3,(H2,16,17,18,19,20). The monoisotopic (exact) mass is 272 g/mol. The minimum Gasteiger partial charge on any atom is -0.357 e. The topological polar surface area (TPSA) is 86.5 Å². The summed E-state index contributed by atoms with van der Waals surface area (Å²) in [4.78, 5) is 13.3. The molecular weight excluding hydrogens is 252 g/mol. The molecular formula is C14H20N6. The van der Waals surface area contributed by atoms with E-state index in [2.05, 4.69) is 31.7 Å². The lowest BCUT2D eigenvalue weighted by Crippen LogP contribution is -2.39. The smallest absolute Gasteiger partial charge is 0.229 e. The van der Waals surface area contributed by atoms with Gasteiger partial charge in [-0.15, -0.1) is 0 Å². The lowest BCUT2D eigenvalue weighted by Gasteiger charge is -2.31. The van der Waals surface area contributed by atoms with Crippen LogP contribution in [0.3, 0.4) is 0 Å². The summed E-state index contributed by atoms with van der Waals surface area (Å²) in [5.41, 5.74) is -0.508. The highest BCUT2D eigenvalue weighted by atomic mass is 15.2. The van der Waals surface area contributed by atoms with Crippen LogP contribution in [0.4, 0.5) is 11.9 Å². The Balaban J connectivity index is 1.85. The highest BCUT2D eigenvalue weighted by molar-refractivity contribution is 5.40. The van der Waals surface area contributed by atoms with Crippen molar-refractivity contribution in [2.24, 2.45) is 0 Å². The molecule has 2 fully saturated rings. The molecule has 1 aromatic rings. The van der Waals surface area contributed by atoms with Gasteiger partial charge in [0, 0.05) is 13.0 Å². The fourth-order valence-electron chi connectivity index (χ4n) is 2.72. The number of nitriles is 1. The maximum absolute atomic E-state index is 9.52. The molecule has 0 aliphatic heterocycles. The van der Waals surface area contributed by atoms with E-state index in [9.17, 15) is 5.26 Å². The highest BCUT2D eigenvalue weighted by Crippen LogP contribution is 2.39. The maximum atomic E-state index is 9.52. The van der Waals surface area contributed by atoms with Crippen molar-refractivity contribution < 1.29 is 0 Å². The molecule has 3 rings (SSSR count). The molecule has 0 atom stereocenters. The fraction of sp³-hybridized carbons (Fsp3) is 0.714. The van der Waals surface area contributed by atoms with E-state index in [1.54, 1.807) is 7.05 Å². The molecule has 1 aromatic heterocycles. The Morgan fingerprint density at radius 3 is 2.40 bits per heavy atom. The van der Waals surface area contributed by atoms with Gasteiger partial charge in [-0.25, -0.2) is 0 Å². The summed E-state index contributed by atoms with van der Waals surface area (Å²) < 4.78 is 0. The van der Waals surface area contributed by atoms with Gasteiger partial charge in [-0.1, -0.05) is 19.3 Å². The summed E-state index contributed by atoms with van der Waals surface area (Å²) in [7, 11) is 1.80. The summed E-state index contributed by atoms with van der Waals surface area (Å²) in [5, 5.41) is 15.8. The van der Waals surface area contributed by atoms with E-state index < -0.39 is 5.54 Å². The van der Waals surface area contributed by atoms with E-state index >= 15 is 0 Å². The minimum atomic E-state index is -0.508. The molecule has 0 saturated heterocycles. The third-order valence-corrected chi connectivity index (χ3v) is 4.09. The Hall–Kier alpha value is -1.90. The average molecular weight is 272 g/mol. The molecule has 106 valence electrons. The number of rotatable bonds is 4. The fourth-order valence-corrected chi connectivity index (χ4v) is 2.72. The van der Waals surface area contributed by atoms with Crippen molar-refractivity contribution in [3.63, 3.8) is 0 Å². The quantitative estimate of drug-likeness (QED) is 0.875. The Morgan fingerprint density at radius 2 is 1.80 bits per heavy atom. The van der Waals surface area contributed by atoms with Crippen molar-refractivity contribution in [2.75, 3.05) is 17.7 Å². The van der Waals surface area contributed by atoms with Crippen LogP contribution in [0.15, 0.2) is 0 Å². The summed E-state index contributed by atoms with van der Waals surface area (Å²) >= 11 is 0. The van der Waals surface area contributed by atoms with E-state index in [0.29, 0.717) is 17.8 Å². The molecule has 2 aliphatic rings. The van der Waals surface area contributed by atoms with Gasteiger partial charge in [-0.05, 0) is 25.7 Å². The number of nitrogens with zero attached hydrogens (tertiary/aromatic N) is 4. The first kappa shape index (κ1) is 13.1. The average Bonchev–Trinajstić information content (AvgIpc) is 3.32. The SMILES string of the molecule is CNc1nc(NC2(C#N)CCCCC2)nc(C2CC2)n1. The minimum absolute atomic E-state index is 0.468. The molecule has 6 heteroatoms. The van der Waals surface area contributed by atoms with Crippen LogP contribution in [0.1, 0.15) is 56.7 Å². The molecule has 1 heterocycles. The lowest BCUT2D eigenvalue weighted by molar-refractivity contribution is 0.390. The van der Waals surface area contributed by atoms with Gasteiger partial charge in [0.05, 0.1) is 6.07 Å². The zero-order valence-corrected chi connectivity index (χ0v) is 11.8. The third-order valence-electron chi connectivity index (χ3n) is 4.09. The van der Waals surface area contributed by atoms with Gasteiger partial charge >= 0.3 is 0 Å². The van der Waals surface area contributed by atoms with Crippen LogP contribution in [0.25, 0.3) is 0 Å². The third kappa shape index (κ3) is 2.67. The molecule has 0 unspecified atom stereocenters. The van der Waals surface area contributed by atoms with Crippen molar-refractivity contribution in [3.8, 4) is 6.07 Å². The van der Waals surface area contributed by atoms with E-state index in [1.165, 1.54) is 6.42 Å². The van der Waals surface area contributed by atoms with Crippen molar-refractivity contribution in [1.29, 1.82) is 5.26 Å². The van der Waals surface area contributed by atoms with Crippen molar-refractivity contribution >= 4 is 11.9 Å². The molecule has 0 aromatic carbocycles. The molecule has 20 heavy (non-hydrogen) atoms. The Bertz CT molecular complexity index is 525. The Labute approximate surface area is 119 Å². The summed E-state index contributed by atoms with van der Waals surface area (Å²) in [6.45, 7) is 0. The highest BCUT2D eigenvalue weighted by Gasteiger charge is 2.34. The molecule has 0 bridgehead atoms. The molecule has 2 saturated carbocycles.